The monoisotopic (exact) mass is 281 g/mol. The first-order valence-corrected chi connectivity index (χ1v) is 6.65. The van der Waals surface area contributed by atoms with Crippen LogP contribution < -0.4 is 10.6 Å². The molecule has 1 aliphatic carbocycles. The van der Waals surface area contributed by atoms with Crippen molar-refractivity contribution >= 4 is 12.0 Å². The van der Waals surface area contributed by atoms with Crippen molar-refractivity contribution in [2.75, 3.05) is 6.54 Å². The van der Waals surface area contributed by atoms with Gasteiger partial charge < -0.3 is 20.3 Å². The zero-order chi connectivity index (χ0) is 14.6. The zero-order valence-electron chi connectivity index (χ0n) is 11.4. The number of nitrogens with zero attached hydrogens (tertiary/aromatic N) is 1. The van der Waals surface area contributed by atoms with Crippen molar-refractivity contribution in [1.29, 1.82) is 0 Å². The summed E-state index contributed by atoms with van der Waals surface area (Å²) in [6.07, 6.45) is 2.82. The molecule has 110 valence electrons. The molecule has 7 heteroatoms. The van der Waals surface area contributed by atoms with Crippen LogP contribution in [0.2, 0.25) is 0 Å². The number of rotatable bonds is 6. The first kappa shape index (κ1) is 14.4. The second-order valence-corrected chi connectivity index (χ2v) is 5.39. The van der Waals surface area contributed by atoms with Crippen LogP contribution in [0.1, 0.15) is 37.1 Å². The summed E-state index contributed by atoms with van der Waals surface area (Å²) in [5.41, 5.74) is 0.489. The van der Waals surface area contributed by atoms with Crippen molar-refractivity contribution in [3.8, 4) is 0 Å². The number of nitrogens with one attached hydrogen (secondary N) is 2. The molecule has 20 heavy (non-hydrogen) atoms. The third-order valence-corrected chi connectivity index (χ3v) is 3.66. The minimum Gasteiger partial charge on any atom is -0.481 e. The number of aryl methyl sites for hydroxylation is 1. The van der Waals surface area contributed by atoms with Crippen molar-refractivity contribution in [1.82, 2.24) is 15.8 Å². The molecule has 0 unspecified atom stereocenters. The van der Waals surface area contributed by atoms with Crippen LogP contribution >= 0.6 is 0 Å². The number of hydrogen-bond donors (Lipinski definition) is 3. The largest absolute Gasteiger partial charge is 0.481 e. The molecule has 7 nitrogen and oxygen atoms in total. The van der Waals surface area contributed by atoms with Crippen LogP contribution in [0.5, 0.6) is 0 Å². The van der Waals surface area contributed by atoms with Crippen LogP contribution in [0.3, 0.4) is 0 Å². The van der Waals surface area contributed by atoms with Gasteiger partial charge in [0, 0.05) is 12.6 Å². The molecule has 1 aromatic rings. The maximum Gasteiger partial charge on any atom is 0.315 e. The standard InChI is InChI=1S/C13H19N3O4/c1-9-5-10(20-16-9)7-14-12(19)15-8-13(3-2-4-13)6-11(17)18/h5H,2-4,6-8H2,1H3,(H,17,18)(H2,14,15,19). The van der Waals surface area contributed by atoms with E-state index in [0.29, 0.717) is 12.3 Å². The summed E-state index contributed by atoms with van der Waals surface area (Å²) in [7, 11) is 0. The smallest absolute Gasteiger partial charge is 0.315 e. The average molecular weight is 281 g/mol. The number of carbonyl (C=O) groups excluding carboxylic acids is 1. The number of carboxylic acid groups (broad SMARTS) is 1. The van der Waals surface area contributed by atoms with Crippen molar-refractivity contribution in [2.24, 2.45) is 5.41 Å². The Morgan fingerprint density at radius 1 is 1.45 bits per heavy atom. The van der Waals surface area contributed by atoms with E-state index in [2.05, 4.69) is 15.8 Å². The SMILES string of the molecule is Cc1cc(CNC(=O)NCC2(CC(=O)O)CCC2)on1. The van der Waals surface area contributed by atoms with Gasteiger partial charge in [-0.2, -0.15) is 0 Å². The Hall–Kier alpha value is -2.05. The number of carboxylic acids is 1. The third kappa shape index (κ3) is 3.72. The molecule has 0 bridgehead atoms. The quantitative estimate of drug-likeness (QED) is 0.731. The van der Waals surface area contributed by atoms with Crippen molar-refractivity contribution in [3.05, 3.63) is 17.5 Å². The molecule has 0 aliphatic heterocycles. The molecule has 2 rings (SSSR count). The lowest BCUT2D eigenvalue weighted by molar-refractivity contribution is -0.141. The second-order valence-electron chi connectivity index (χ2n) is 5.39. The molecule has 0 atom stereocenters. The van der Waals surface area contributed by atoms with Gasteiger partial charge in [-0.15, -0.1) is 0 Å². The number of aliphatic carboxylic acids is 1. The van der Waals surface area contributed by atoms with Crippen LogP contribution in [0.25, 0.3) is 0 Å². The fourth-order valence-corrected chi connectivity index (χ4v) is 2.41. The summed E-state index contributed by atoms with van der Waals surface area (Å²) in [5.74, 6) is -0.231. The van der Waals surface area contributed by atoms with E-state index in [1.54, 1.807) is 13.0 Å². The lowest BCUT2D eigenvalue weighted by Crippen LogP contribution is -2.46. The lowest BCUT2D eigenvalue weighted by atomic mass is 9.66. The highest BCUT2D eigenvalue weighted by atomic mass is 16.5. The summed E-state index contributed by atoms with van der Waals surface area (Å²) in [5, 5.41) is 18.0. The lowest BCUT2D eigenvalue weighted by Gasteiger charge is -2.40. The first-order valence-electron chi connectivity index (χ1n) is 6.65. The summed E-state index contributed by atoms with van der Waals surface area (Å²) < 4.78 is 4.97. The molecule has 3 N–H and O–H groups in total. The zero-order valence-corrected chi connectivity index (χ0v) is 11.4. The summed E-state index contributed by atoms with van der Waals surface area (Å²) in [6.45, 7) is 2.46. The maximum atomic E-state index is 11.7. The Bertz CT molecular complexity index is 494. The Kier molecular flexibility index (Phi) is 4.26. The molecule has 1 fully saturated rings. The van der Waals surface area contributed by atoms with Crippen molar-refractivity contribution in [2.45, 2.75) is 39.2 Å². The number of aromatic nitrogens is 1. The predicted octanol–water partition coefficient (Wildman–Crippen LogP) is 1.43. The van der Waals surface area contributed by atoms with Crippen molar-refractivity contribution < 1.29 is 19.2 Å². The number of amides is 2. The van der Waals surface area contributed by atoms with E-state index in [9.17, 15) is 9.59 Å². The van der Waals surface area contributed by atoms with Gasteiger partial charge in [-0.05, 0) is 25.2 Å². The highest BCUT2D eigenvalue weighted by Gasteiger charge is 2.39. The first-order chi connectivity index (χ1) is 9.49. The minimum absolute atomic E-state index is 0.106. The average Bonchev–Trinajstić information content (AvgIpc) is 2.75. The number of hydrogen-bond acceptors (Lipinski definition) is 4. The summed E-state index contributed by atoms with van der Waals surface area (Å²) >= 11 is 0. The van der Waals surface area contributed by atoms with Crippen LogP contribution in [-0.2, 0) is 11.3 Å². The van der Waals surface area contributed by atoms with Crippen LogP contribution in [0.15, 0.2) is 10.6 Å². The topological polar surface area (TPSA) is 104 Å². The molecule has 0 saturated heterocycles. The van der Waals surface area contributed by atoms with E-state index in [4.69, 9.17) is 9.63 Å². The molecule has 1 aromatic heterocycles. The van der Waals surface area contributed by atoms with E-state index in [1.807, 2.05) is 0 Å². The fraction of sp³-hybridized carbons (Fsp3) is 0.615. The Labute approximate surface area is 116 Å². The Morgan fingerprint density at radius 2 is 2.20 bits per heavy atom. The normalized spacial score (nSPS) is 16.2. The van der Waals surface area contributed by atoms with Gasteiger partial charge >= 0.3 is 12.0 Å². The van der Waals surface area contributed by atoms with E-state index in [1.165, 1.54) is 0 Å². The van der Waals surface area contributed by atoms with Gasteiger partial charge in [0.1, 0.15) is 0 Å². The van der Waals surface area contributed by atoms with Gasteiger partial charge in [0.25, 0.3) is 0 Å². The highest BCUT2D eigenvalue weighted by molar-refractivity contribution is 5.74. The molecule has 1 aliphatic rings. The fourth-order valence-electron chi connectivity index (χ4n) is 2.41. The second kappa shape index (κ2) is 5.94. The Morgan fingerprint density at radius 3 is 2.70 bits per heavy atom. The molecule has 0 aromatic carbocycles. The predicted molar refractivity (Wildman–Crippen MR) is 70.0 cm³/mol. The van der Waals surface area contributed by atoms with Crippen LogP contribution in [0, 0.1) is 12.3 Å². The summed E-state index contributed by atoms with van der Waals surface area (Å²) in [6, 6.07) is 1.42. The molecule has 2 amide bonds. The Balaban J connectivity index is 1.73. The number of urea groups is 1. The van der Waals surface area contributed by atoms with Gasteiger partial charge in [-0.3, -0.25) is 4.79 Å². The van der Waals surface area contributed by atoms with Crippen LogP contribution in [-0.4, -0.2) is 28.8 Å². The third-order valence-electron chi connectivity index (χ3n) is 3.66. The van der Waals surface area contributed by atoms with E-state index in [0.717, 1.165) is 25.0 Å². The van der Waals surface area contributed by atoms with Crippen LogP contribution in [0.4, 0.5) is 4.79 Å². The number of carbonyl (C=O) groups is 2. The van der Waals surface area contributed by atoms with Gasteiger partial charge in [-0.1, -0.05) is 11.6 Å². The molecule has 1 saturated carbocycles. The highest BCUT2D eigenvalue weighted by Crippen LogP contribution is 2.43. The van der Waals surface area contributed by atoms with E-state index < -0.39 is 5.97 Å². The van der Waals surface area contributed by atoms with Crippen molar-refractivity contribution in [3.63, 3.8) is 0 Å². The van der Waals surface area contributed by atoms with E-state index >= 15 is 0 Å². The maximum absolute atomic E-state index is 11.7. The molecule has 0 radical (unpaired) electrons. The van der Waals surface area contributed by atoms with Gasteiger partial charge in [-0.25, -0.2) is 4.79 Å². The summed E-state index contributed by atoms with van der Waals surface area (Å²) in [4.78, 5) is 22.5. The van der Waals surface area contributed by atoms with Gasteiger partial charge in [0.15, 0.2) is 5.76 Å². The van der Waals surface area contributed by atoms with E-state index in [-0.39, 0.29) is 24.4 Å². The van der Waals surface area contributed by atoms with Gasteiger partial charge in [0.2, 0.25) is 0 Å². The van der Waals surface area contributed by atoms with Gasteiger partial charge in [0.05, 0.1) is 18.7 Å². The molecule has 0 spiro atoms. The molecular weight excluding hydrogens is 262 g/mol. The molecule has 1 heterocycles. The molecular formula is C13H19N3O4. The minimum atomic E-state index is -0.816.